The molecule has 0 unspecified atom stereocenters. The van der Waals surface area contributed by atoms with E-state index in [1.165, 1.54) is 6.20 Å². The van der Waals surface area contributed by atoms with Gasteiger partial charge in [0.15, 0.2) is 0 Å². The van der Waals surface area contributed by atoms with E-state index in [1.54, 1.807) is 19.1 Å². The summed E-state index contributed by atoms with van der Waals surface area (Å²) in [6.07, 6.45) is 1.51. The molecule has 0 aromatic carbocycles. The fourth-order valence-electron chi connectivity index (χ4n) is 0.736. The molecule has 3 N–H and O–H groups in total. The number of aromatic nitrogens is 1. The van der Waals surface area contributed by atoms with Crippen LogP contribution >= 0.6 is 11.6 Å². The Morgan fingerprint density at radius 3 is 3.00 bits per heavy atom. The van der Waals surface area contributed by atoms with Gasteiger partial charge in [0.1, 0.15) is 5.15 Å². The van der Waals surface area contributed by atoms with E-state index in [-0.39, 0.29) is 5.91 Å². The van der Waals surface area contributed by atoms with E-state index in [2.05, 4.69) is 10.3 Å². The maximum Gasteiger partial charge on any atom is 0.241 e. The summed E-state index contributed by atoms with van der Waals surface area (Å²) in [4.78, 5) is 14.9. The van der Waals surface area contributed by atoms with Crippen LogP contribution in [0.4, 0.5) is 5.69 Å². The average molecular weight is 200 g/mol. The summed E-state index contributed by atoms with van der Waals surface area (Å²) < 4.78 is 0. The molecule has 0 aliphatic carbocycles. The highest BCUT2D eigenvalue weighted by Crippen LogP contribution is 2.11. The van der Waals surface area contributed by atoms with Gasteiger partial charge in [-0.3, -0.25) is 4.79 Å². The van der Waals surface area contributed by atoms with Gasteiger partial charge in [-0.25, -0.2) is 4.98 Å². The standard InChI is InChI=1S/C8H10ClN3O/c1-5(10)8(13)12-6-2-3-11-7(9)4-6/h2-5H,10H2,1H3,(H,11,12,13)/t5-/m1/s1. The zero-order valence-electron chi connectivity index (χ0n) is 7.12. The highest BCUT2D eigenvalue weighted by atomic mass is 35.5. The molecule has 1 amide bonds. The molecule has 1 rings (SSSR count). The molecule has 0 radical (unpaired) electrons. The molecule has 0 saturated carbocycles. The van der Waals surface area contributed by atoms with E-state index in [0.717, 1.165) is 0 Å². The third kappa shape index (κ3) is 3.01. The van der Waals surface area contributed by atoms with E-state index < -0.39 is 6.04 Å². The Morgan fingerprint density at radius 1 is 1.77 bits per heavy atom. The number of hydrogen-bond donors (Lipinski definition) is 2. The van der Waals surface area contributed by atoms with Gasteiger partial charge in [0, 0.05) is 11.9 Å². The molecular weight excluding hydrogens is 190 g/mol. The number of rotatable bonds is 2. The summed E-state index contributed by atoms with van der Waals surface area (Å²) in [5, 5.41) is 2.93. The normalized spacial score (nSPS) is 12.2. The fourth-order valence-corrected chi connectivity index (χ4v) is 0.910. The van der Waals surface area contributed by atoms with Gasteiger partial charge in [0.2, 0.25) is 5.91 Å². The molecule has 4 nitrogen and oxygen atoms in total. The lowest BCUT2D eigenvalue weighted by Gasteiger charge is -2.06. The van der Waals surface area contributed by atoms with Crippen molar-refractivity contribution < 1.29 is 4.79 Å². The van der Waals surface area contributed by atoms with E-state index in [9.17, 15) is 4.79 Å². The predicted octanol–water partition coefficient (Wildman–Crippen LogP) is 1.02. The zero-order chi connectivity index (χ0) is 9.84. The number of nitrogens with one attached hydrogen (secondary N) is 1. The SMILES string of the molecule is C[C@@H](N)C(=O)Nc1ccnc(Cl)c1. The minimum Gasteiger partial charge on any atom is -0.325 e. The lowest BCUT2D eigenvalue weighted by atomic mass is 10.3. The van der Waals surface area contributed by atoms with Gasteiger partial charge in [0.05, 0.1) is 6.04 Å². The van der Waals surface area contributed by atoms with E-state index in [1.807, 2.05) is 0 Å². The number of anilines is 1. The van der Waals surface area contributed by atoms with Crippen molar-refractivity contribution in [1.82, 2.24) is 4.98 Å². The molecule has 0 fully saturated rings. The Kier molecular flexibility index (Phi) is 3.22. The largest absolute Gasteiger partial charge is 0.325 e. The number of nitrogens with zero attached hydrogens (tertiary/aromatic N) is 1. The second kappa shape index (κ2) is 4.20. The summed E-state index contributed by atoms with van der Waals surface area (Å²) in [6, 6.07) is 2.67. The molecule has 13 heavy (non-hydrogen) atoms. The van der Waals surface area contributed by atoms with Gasteiger partial charge < -0.3 is 11.1 Å². The number of nitrogens with two attached hydrogens (primary N) is 1. The van der Waals surface area contributed by atoms with Crippen molar-refractivity contribution >= 4 is 23.2 Å². The Balaban J connectivity index is 2.69. The molecule has 1 aromatic rings. The van der Waals surface area contributed by atoms with Gasteiger partial charge in [-0.2, -0.15) is 0 Å². The van der Waals surface area contributed by atoms with Crippen molar-refractivity contribution in [3.8, 4) is 0 Å². The smallest absolute Gasteiger partial charge is 0.241 e. The van der Waals surface area contributed by atoms with Crippen LogP contribution in [0.2, 0.25) is 5.15 Å². The average Bonchev–Trinajstić information content (AvgIpc) is 2.04. The van der Waals surface area contributed by atoms with Crippen molar-refractivity contribution in [2.75, 3.05) is 5.32 Å². The molecule has 0 aliphatic heterocycles. The topological polar surface area (TPSA) is 68.0 Å². The number of pyridine rings is 1. The second-order valence-electron chi connectivity index (χ2n) is 2.65. The molecular formula is C8H10ClN3O. The van der Waals surface area contributed by atoms with Gasteiger partial charge in [-0.1, -0.05) is 11.6 Å². The van der Waals surface area contributed by atoms with Crippen LogP contribution in [0, 0.1) is 0 Å². The van der Waals surface area contributed by atoms with Crippen LogP contribution in [0.5, 0.6) is 0 Å². The zero-order valence-corrected chi connectivity index (χ0v) is 7.88. The first-order valence-corrected chi connectivity index (χ1v) is 4.15. The van der Waals surface area contributed by atoms with E-state index in [4.69, 9.17) is 17.3 Å². The molecule has 70 valence electrons. The first kappa shape index (κ1) is 9.95. The van der Waals surface area contributed by atoms with E-state index >= 15 is 0 Å². The van der Waals surface area contributed by atoms with Gasteiger partial charge >= 0.3 is 0 Å². The van der Waals surface area contributed by atoms with Crippen molar-refractivity contribution in [1.29, 1.82) is 0 Å². The molecule has 1 heterocycles. The molecule has 0 aliphatic rings. The molecule has 0 bridgehead atoms. The maximum atomic E-state index is 11.1. The van der Waals surface area contributed by atoms with Crippen molar-refractivity contribution in [2.45, 2.75) is 13.0 Å². The molecule has 1 atom stereocenters. The summed E-state index contributed by atoms with van der Waals surface area (Å²) >= 11 is 5.61. The Bertz CT molecular complexity index is 314. The van der Waals surface area contributed by atoms with E-state index in [0.29, 0.717) is 10.8 Å². The number of amides is 1. The predicted molar refractivity (Wildman–Crippen MR) is 51.5 cm³/mol. The van der Waals surface area contributed by atoms with Crippen LogP contribution in [0.25, 0.3) is 0 Å². The summed E-state index contributed by atoms with van der Waals surface area (Å²) in [6.45, 7) is 1.61. The highest BCUT2D eigenvalue weighted by molar-refractivity contribution is 6.29. The lowest BCUT2D eigenvalue weighted by molar-refractivity contribution is -0.117. The molecule has 0 saturated heterocycles. The lowest BCUT2D eigenvalue weighted by Crippen LogP contribution is -2.32. The van der Waals surface area contributed by atoms with Crippen LogP contribution in [0.15, 0.2) is 18.3 Å². The number of carbonyl (C=O) groups excluding carboxylic acids is 1. The van der Waals surface area contributed by atoms with Crippen molar-refractivity contribution in [3.63, 3.8) is 0 Å². The Morgan fingerprint density at radius 2 is 2.46 bits per heavy atom. The van der Waals surface area contributed by atoms with Gasteiger partial charge in [-0.15, -0.1) is 0 Å². The van der Waals surface area contributed by atoms with Crippen LogP contribution in [-0.4, -0.2) is 16.9 Å². The third-order valence-corrected chi connectivity index (χ3v) is 1.61. The maximum absolute atomic E-state index is 11.1. The summed E-state index contributed by atoms with van der Waals surface area (Å²) in [5.74, 6) is -0.248. The van der Waals surface area contributed by atoms with Crippen LogP contribution in [0.3, 0.4) is 0 Å². The number of carbonyl (C=O) groups is 1. The third-order valence-electron chi connectivity index (χ3n) is 1.41. The summed E-state index contributed by atoms with van der Waals surface area (Å²) in [7, 11) is 0. The quantitative estimate of drug-likeness (QED) is 0.699. The Labute approximate surface area is 81.1 Å². The van der Waals surface area contributed by atoms with Crippen LogP contribution in [-0.2, 0) is 4.79 Å². The number of hydrogen-bond acceptors (Lipinski definition) is 3. The summed E-state index contributed by atoms with van der Waals surface area (Å²) in [5.41, 5.74) is 5.96. The van der Waals surface area contributed by atoms with Crippen LogP contribution < -0.4 is 11.1 Å². The Hall–Kier alpha value is -1.13. The molecule has 0 spiro atoms. The number of halogens is 1. The van der Waals surface area contributed by atoms with Crippen molar-refractivity contribution in [2.24, 2.45) is 5.73 Å². The van der Waals surface area contributed by atoms with Gasteiger partial charge in [-0.05, 0) is 19.1 Å². The monoisotopic (exact) mass is 199 g/mol. The van der Waals surface area contributed by atoms with Crippen molar-refractivity contribution in [3.05, 3.63) is 23.5 Å². The van der Waals surface area contributed by atoms with Gasteiger partial charge in [0.25, 0.3) is 0 Å². The first-order valence-electron chi connectivity index (χ1n) is 3.77. The first-order chi connectivity index (χ1) is 6.09. The molecule has 1 aromatic heterocycles. The van der Waals surface area contributed by atoms with Crippen LogP contribution in [0.1, 0.15) is 6.92 Å². The second-order valence-corrected chi connectivity index (χ2v) is 3.03. The fraction of sp³-hybridized carbons (Fsp3) is 0.250. The minimum atomic E-state index is -0.535. The minimum absolute atomic E-state index is 0.248. The molecule has 5 heteroatoms. The highest BCUT2D eigenvalue weighted by Gasteiger charge is 2.06.